The van der Waals surface area contributed by atoms with E-state index in [4.69, 9.17) is 0 Å². The molecule has 1 aliphatic carbocycles. The zero-order valence-electron chi connectivity index (χ0n) is 14.4. The number of carbonyl (C=O) groups is 1. The molecule has 1 saturated carbocycles. The Morgan fingerprint density at radius 2 is 1.96 bits per heavy atom. The molecule has 0 bridgehead atoms. The van der Waals surface area contributed by atoms with Crippen LogP contribution in [0.1, 0.15) is 43.5 Å². The molecular weight excluding hydrogens is 330 g/mol. The van der Waals surface area contributed by atoms with Crippen LogP contribution in [0.5, 0.6) is 0 Å². The Morgan fingerprint density at radius 3 is 2.73 bits per heavy atom. The smallest absolute Gasteiger partial charge is 0.254 e. The van der Waals surface area contributed by atoms with Gasteiger partial charge < -0.3 is 5.32 Å². The number of benzene rings is 1. The van der Waals surface area contributed by atoms with Crippen LogP contribution in [0.15, 0.2) is 41.2 Å². The molecule has 7 heteroatoms. The lowest BCUT2D eigenvalue weighted by atomic mass is 9.89. The maximum absolute atomic E-state index is 12.5. The molecule has 26 heavy (non-hydrogen) atoms. The minimum atomic E-state index is -0.310. The number of hydrogen-bond donors (Lipinski definition) is 2. The number of aromatic amines is 1. The average molecular weight is 351 g/mol. The zero-order chi connectivity index (χ0) is 17.9. The van der Waals surface area contributed by atoms with E-state index in [-0.39, 0.29) is 17.4 Å². The number of nitrogens with one attached hydrogen (secondary N) is 2. The molecule has 1 aliphatic rings. The highest BCUT2D eigenvalue weighted by Gasteiger charge is 2.22. The highest BCUT2D eigenvalue weighted by atomic mass is 16.2. The largest absolute Gasteiger partial charge is 0.310 e. The SMILES string of the molecule is O=C(Nc1cc(=O)[nH]c2nc(Cc3ccccc3)nn12)C1CCCCC1. The first-order chi connectivity index (χ1) is 12.7. The van der Waals surface area contributed by atoms with Crippen molar-refractivity contribution in [2.45, 2.75) is 38.5 Å². The Bertz CT molecular complexity index is 971. The van der Waals surface area contributed by atoms with Crippen LogP contribution in [0.2, 0.25) is 0 Å². The van der Waals surface area contributed by atoms with Crippen molar-refractivity contribution in [1.82, 2.24) is 19.6 Å². The highest BCUT2D eigenvalue weighted by molar-refractivity contribution is 5.91. The van der Waals surface area contributed by atoms with E-state index in [9.17, 15) is 9.59 Å². The first-order valence-corrected chi connectivity index (χ1v) is 9.03. The number of fused-ring (bicyclic) bond motifs is 1. The molecule has 7 nitrogen and oxygen atoms in total. The van der Waals surface area contributed by atoms with E-state index in [2.05, 4.69) is 20.4 Å². The molecule has 2 heterocycles. The first kappa shape index (κ1) is 16.5. The molecule has 1 amide bonds. The third kappa shape index (κ3) is 3.51. The summed E-state index contributed by atoms with van der Waals surface area (Å²) in [5.74, 6) is 1.25. The van der Waals surface area contributed by atoms with Crippen molar-refractivity contribution in [1.29, 1.82) is 0 Å². The van der Waals surface area contributed by atoms with Gasteiger partial charge in [-0.3, -0.25) is 14.6 Å². The van der Waals surface area contributed by atoms with Gasteiger partial charge in [0.1, 0.15) is 5.82 Å². The van der Waals surface area contributed by atoms with Crippen LogP contribution in [0.25, 0.3) is 5.78 Å². The van der Waals surface area contributed by atoms with Crippen molar-refractivity contribution in [3.05, 3.63) is 58.1 Å². The molecule has 3 aromatic rings. The summed E-state index contributed by atoms with van der Waals surface area (Å²) in [5.41, 5.74) is 0.772. The minimum Gasteiger partial charge on any atom is -0.310 e. The van der Waals surface area contributed by atoms with Gasteiger partial charge in [0.2, 0.25) is 11.7 Å². The average Bonchev–Trinajstić information content (AvgIpc) is 3.05. The third-order valence-electron chi connectivity index (χ3n) is 4.81. The Hall–Kier alpha value is -2.96. The van der Waals surface area contributed by atoms with Crippen molar-refractivity contribution in [3.63, 3.8) is 0 Å². The van der Waals surface area contributed by atoms with E-state index in [1.165, 1.54) is 17.0 Å². The number of H-pyrrole nitrogens is 1. The number of nitrogens with zero attached hydrogens (tertiary/aromatic N) is 3. The monoisotopic (exact) mass is 351 g/mol. The Labute approximate surface area is 150 Å². The van der Waals surface area contributed by atoms with Crippen LogP contribution in [-0.2, 0) is 11.2 Å². The number of hydrogen-bond acceptors (Lipinski definition) is 4. The summed E-state index contributed by atoms with van der Waals surface area (Å²) >= 11 is 0. The fourth-order valence-electron chi connectivity index (χ4n) is 3.47. The Balaban J connectivity index is 1.61. The van der Waals surface area contributed by atoms with Crippen LogP contribution in [0.3, 0.4) is 0 Å². The van der Waals surface area contributed by atoms with Crippen molar-refractivity contribution in [2.24, 2.45) is 5.92 Å². The van der Waals surface area contributed by atoms with Crippen molar-refractivity contribution in [3.8, 4) is 0 Å². The Morgan fingerprint density at radius 1 is 1.19 bits per heavy atom. The molecule has 0 unspecified atom stereocenters. The molecule has 4 rings (SSSR count). The molecule has 0 atom stereocenters. The topological polar surface area (TPSA) is 92.1 Å². The maximum atomic E-state index is 12.5. The van der Waals surface area contributed by atoms with Crippen molar-refractivity contribution < 1.29 is 4.79 Å². The lowest BCUT2D eigenvalue weighted by Crippen LogP contribution is -2.27. The summed E-state index contributed by atoms with van der Waals surface area (Å²) < 4.78 is 1.50. The summed E-state index contributed by atoms with van der Waals surface area (Å²) in [6.45, 7) is 0. The van der Waals surface area contributed by atoms with Gasteiger partial charge >= 0.3 is 0 Å². The molecule has 0 radical (unpaired) electrons. The van der Waals surface area contributed by atoms with Gasteiger partial charge in [0, 0.05) is 18.4 Å². The van der Waals surface area contributed by atoms with Gasteiger partial charge in [-0.25, -0.2) is 0 Å². The van der Waals surface area contributed by atoms with E-state index in [0.717, 1.165) is 31.2 Å². The molecule has 0 aliphatic heterocycles. The second-order valence-corrected chi connectivity index (χ2v) is 6.77. The van der Waals surface area contributed by atoms with Crippen LogP contribution in [0.4, 0.5) is 5.82 Å². The van der Waals surface area contributed by atoms with E-state index in [0.29, 0.717) is 23.8 Å². The van der Waals surface area contributed by atoms with Crippen LogP contribution in [-0.4, -0.2) is 25.5 Å². The van der Waals surface area contributed by atoms with Gasteiger partial charge in [0.15, 0.2) is 5.82 Å². The van der Waals surface area contributed by atoms with E-state index >= 15 is 0 Å². The Kier molecular flexibility index (Phi) is 4.51. The highest BCUT2D eigenvalue weighted by Crippen LogP contribution is 2.24. The van der Waals surface area contributed by atoms with Gasteiger partial charge in [-0.1, -0.05) is 49.6 Å². The fourth-order valence-corrected chi connectivity index (χ4v) is 3.47. The maximum Gasteiger partial charge on any atom is 0.254 e. The normalized spacial score (nSPS) is 15.2. The molecule has 0 spiro atoms. The molecular formula is C19H21N5O2. The summed E-state index contributed by atoms with van der Waals surface area (Å²) in [5, 5.41) is 7.34. The van der Waals surface area contributed by atoms with Crippen LogP contribution in [0, 0.1) is 5.92 Å². The molecule has 2 N–H and O–H groups in total. The summed E-state index contributed by atoms with van der Waals surface area (Å²) in [6, 6.07) is 11.2. The van der Waals surface area contributed by atoms with Crippen LogP contribution >= 0.6 is 0 Å². The second-order valence-electron chi connectivity index (χ2n) is 6.77. The summed E-state index contributed by atoms with van der Waals surface area (Å²) in [6.07, 6.45) is 5.69. The summed E-state index contributed by atoms with van der Waals surface area (Å²) in [7, 11) is 0. The van der Waals surface area contributed by atoms with Crippen LogP contribution < -0.4 is 10.9 Å². The van der Waals surface area contributed by atoms with Gasteiger partial charge in [-0.05, 0) is 18.4 Å². The van der Waals surface area contributed by atoms with Crippen molar-refractivity contribution >= 4 is 17.5 Å². The molecule has 2 aromatic heterocycles. The molecule has 1 aromatic carbocycles. The predicted molar refractivity (Wildman–Crippen MR) is 98.1 cm³/mol. The second kappa shape index (κ2) is 7.11. The molecule has 134 valence electrons. The first-order valence-electron chi connectivity index (χ1n) is 9.03. The fraction of sp³-hybridized carbons (Fsp3) is 0.368. The van der Waals surface area contributed by atoms with Gasteiger partial charge in [0.25, 0.3) is 5.56 Å². The van der Waals surface area contributed by atoms with Gasteiger partial charge in [-0.2, -0.15) is 9.50 Å². The van der Waals surface area contributed by atoms with E-state index < -0.39 is 0 Å². The number of carbonyl (C=O) groups excluding carboxylic acids is 1. The molecule has 1 fully saturated rings. The van der Waals surface area contributed by atoms with E-state index in [1.807, 2.05) is 30.3 Å². The number of aromatic nitrogens is 4. The minimum absolute atomic E-state index is 0.00500. The third-order valence-corrected chi connectivity index (χ3v) is 4.81. The molecule has 0 saturated heterocycles. The number of rotatable bonds is 4. The summed E-state index contributed by atoms with van der Waals surface area (Å²) in [4.78, 5) is 31.5. The lowest BCUT2D eigenvalue weighted by molar-refractivity contribution is -0.120. The number of amides is 1. The van der Waals surface area contributed by atoms with Gasteiger partial charge in [-0.15, -0.1) is 5.10 Å². The van der Waals surface area contributed by atoms with Gasteiger partial charge in [0.05, 0.1) is 0 Å². The van der Waals surface area contributed by atoms with E-state index in [1.54, 1.807) is 0 Å². The quantitative estimate of drug-likeness (QED) is 0.755. The zero-order valence-corrected chi connectivity index (χ0v) is 14.4. The predicted octanol–water partition coefficient (Wildman–Crippen LogP) is 2.53. The standard InChI is InChI=1S/C19H21N5O2/c25-17-12-16(21-18(26)14-9-5-2-6-10-14)24-19(22-17)20-15(23-24)11-13-7-3-1-4-8-13/h1,3-4,7-8,12,14H,2,5-6,9-11H2,(H,21,26)(H,20,22,23,25). The lowest BCUT2D eigenvalue weighted by Gasteiger charge is -2.20. The number of anilines is 1. The van der Waals surface area contributed by atoms with Crippen molar-refractivity contribution in [2.75, 3.05) is 5.32 Å².